The fourth-order valence-electron chi connectivity index (χ4n) is 3.61. The highest BCUT2D eigenvalue weighted by molar-refractivity contribution is 5.96. The van der Waals surface area contributed by atoms with E-state index in [-0.39, 0.29) is 0 Å². The number of para-hydroxylation sites is 1. The Labute approximate surface area is 144 Å². The van der Waals surface area contributed by atoms with Crippen molar-refractivity contribution in [1.82, 2.24) is 9.88 Å². The Morgan fingerprint density at radius 1 is 1.25 bits per heavy atom. The first-order valence-electron chi connectivity index (χ1n) is 8.56. The van der Waals surface area contributed by atoms with E-state index in [4.69, 9.17) is 9.47 Å². The number of anilines is 1. The molecule has 24 heavy (non-hydrogen) atoms. The van der Waals surface area contributed by atoms with Gasteiger partial charge in [-0.25, -0.2) is 0 Å². The average molecular weight is 329 g/mol. The second-order valence-electron chi connectivity index (χ2n) is 6.47. The number of piperazine rings is 1. The van der Waals surface area contributed by atoms with Gasteiger partial charge in [-0.1, -0.05) is 12.1 Å². The molecule has 1 fully saturated rings. The lowest BCUT2D eigenvalue weighted by molar-refractivity contribution is 0.117. The predicted molar refractivity (Wildman–Crippen MR) is 98.2 cm³/mol. The van der Waals surface area contributed by atoms with Crippen LogP contribution in [0.15, 0.2) is 24.4 Å². The van der Waals surface area contributed by atoms with Crippen LogP contribution in [-0.4, -0.2) is 62.9 Å². The number of pyridine rings is 1. The van der Waals surface area contributed by atoms with Crippen LogP contribution in [0.25, 0.3) is 10.9 Å². The Balaban J connectivity index is 1.91. The highest BCUT2D eigenvalue weighted by atomic mass is 16.5. The van der Waals surface area contributed by atoms with E-state index >= 15 is 0 Å². The zero-order valence-corrected chi connectivity index (χ0v) is 15.1. The van der Waals surface area contributed by atoms with Crippen molar-refractivity contribution in [1.29, 1.82) is 0 Å². The molecule has 1 aromatic carbocycles. The standard InChI is InChI=1S/C19H27N3O2/c1-14-12-20-18-16(6-5-7-17(18)24-4)19(14)22-9-8-21(10-11-23-3)15(2)13-22/h5-7,12,15H,8-11,13H2,1-4H3. The summed E-state index contributed by atoms with van der Waals surface area (Å²) in [6, 6.07) is 6.67. The second-order valence-corrected chi connectivity index (χ2v) is 6.47. The van der Waals surface area contributed by atoms with Gasteiger partial charge < -0.3 is 14.4 Å². The van der Waals surface area contributed by atoms with Gasteiger partial charge in [0.25, 0.3) is 0 Å². The van der Waals surface area contributed by atoms with Gasteiger partial charge in [-0.15, -0.1) is 0 Å². The molecule has 0 saturated carbocycles. The van der Waals surface area contributed by atoms with Gasteiger partial charge >= 0.3 is 0 Å². The Kier molecular flexibility index (Phi) is 5.21. The molecule has 2 heterocycles. The van der Waals surface area contributed by atoms with Crippen molar-refractivity contribution in [3.8, 4) is 5.75 Å². The minimum Gasteiger partial charge on any atom is -0.494 e. The number of methoxy groups -OCH3 is 2. The molecule has 5 nitrogen and oxygen atoms in total. The fraction of sp³-hybridized carbons (Fsp3) is 0.526. The summed E-state index contributed by atoms with van der Waals surface area (Å²) in [4.78, 5) is 9.60. The number of hydrogen-bond acceptors (Lipinski definition) is 5. The normalized spacial score (nSPS) is 19.0. The summed E-state index contributed by atoms with van der Waals surface area (Å²) in [6.07, 6.45) is 1.96. The lowest BCUT2D eigenvalue weighted by Crippen LogP contribution is -2.53. The van der Waals surface area contributed by atoms with Gasteiger partial charge in [0.15, 0.2) is 0 Å². The lowest BCUT2D eigenvalue weighted by Gasteiger charge is -2.41. The number of aromatic nitrogens is 1. The van der Waals surface area contributed by atoms with Crippen molar-refractivity contribution < 1.29 is 9.47 Å². The third-order valence-corrected chi connectivity index (χ3v) is 4.90. The van der Waals surface area contributed by atoms with E-state index in [9.17, 15) is 0 Å². The molecule has 0 spiro atoms. The first-order valence-corrected chi connectivity index (χ1v) is 8.56. The minimum atomic E-state index is 0.502. The monoisotopic (exact) mass is 329 g/mol. The molecule has 1 saturated heterocycles. The molecule has 1 aromatic heterocycles. The first kappa shape index (κ1) is 17.0. The predicted octanol–water partition coefficient (Wildman–Crippen LogP) is 2.71. The van der Waals surface area contributed by atoms with Gasteiger partial charge in [0.2, 0.25) is 0 Å². The number of ether oxygens (including phenoxy) is 2. The van der Waals surface area contributed by atoms with Crippen LogP contribution in [0.1, 0.15) is 12.5 Å². The van der Waals surface area contributed by atoms with Crippen LogP contribution in [0.5, 0.6) is 5.75 Å². The fourth-order valence-corrected chi connectivity index (χ4v) is 3.61. The summed E-state index contributed by atoms with van der Waals surface area (Å²) in [6.45, 7) is 9.31. The first-order chi connectivity index (χ1) is 11.7. The second kappa shape index (κ2) is 7.36. The van der Waals surface area contributed by atoms with E-state index in [1.165, 1.54) is 16.6 Å². The largest absolute Gasteiger partial charge is 0.494 e. The minimum absolute atomic E-state index is 0.502. The molecule has 0 N–H and O–H groups in total. The molecule has 0 bridgehead atoms. The summed E-state index contributed by atoms with van der Waals surface area (Å²) in [7, 11) is 3.47. The number of fused-ring (bicyclic) bond motifs is 1. The van der Waals surface area contributed by atoms with Crippen molar-refractivity contribution in [2.75, 3.05) is 51.9 Å². The maximum absolute atomic E-state index is 5.49. The van der Waals surface area contributed by atoms with Crippen LogP contribution >= 0.6 is 0 Å². The molecule has 1 aliphatic rings. The van der Waals surface area contributed by atoms with E-state index in [0.717, 1.165) is 44.1 Å². The summed E-state index contributed by atoms with van der Waals surface area (Å²) < 4.78 is 10.7. The molecule has 130 valence electrons. The topological polar surface area (TPSA) is 37.8 Å². The van der Waals surface area contributed by atoms with E-state index in [0.29, 0.717) is 6.04 Å². The third kappa shape index (κ3) is 3.19. The maximum atomic E-state index is 5.49. The highest BCUT2D eigenvalue weighted by Gasteiger charge is 2.25. The van der Waals surface area contributed by atoms with Gasteiger partial charge in [-0.2, -0.15) is 0 Å². The Hall–Kier alpha value is -1.85. The summed E-state index contributed by atoms with van der Waals surface area (Å²) >= 11 is 0. The van der Waals surface area contributed by atoms with Crippen LogP contribution in [0, 0.1) is 6.92 Å². The molecule has 5 heteroatoms. The molecule has 1 unspecified atom stereocenters. The van der Waals surface area contributed by atoms with Crippen LogP contribution in [0.2, 0.25) is 0 Å². The molecular formula is C19H27N3O2. The van der Waals surface area contributed by atoms with Gasteiger partial charge in [0, 0.05) is 50.9 Å². The molecule has 0 amide bonds. The van der Waals surface area contributed by atoms with Crippen molar-refractivity contribution in [3.05, 3.63) is 30.0 Å². The van der Waals surface area contributed by atoms with E-state index in [1.54, 1.807) is 14.2 Å². The molecule has 2 aromatic rings. The Morgan fingerprint density at radius 2 is 2.08 bits per heavy atom. The highest BCUT2D eigenvalue weighted by Crippen LogP contribution is 2.34. The SMILES string of the molecule is COCCN1CCN(c2c(C)cnc3c(OC)cccc23)CC1C. The molecule has 0 radical (unpaired) electrons. The van der Waals surface area contributed by atoms with Crippen LogP contribution in [0.4, 0.5) is 5.69 Å². The molecular weight excluding hydrogens is 302 g/mol. The number of benzene rings is 1. The zero-order valence-electron chi connectivity index (χ0n) is 15.1. The van der Waals surface area contributed by atoms with Gasteiger partial charge in [-0.05, 0) is 25.5 Å². The lowest BCUT2D eigenvalue weighted by atomic mass is 10.1. The number of rotatable bonds is 5. The maximum Gasteiger partial charge on any atom is 0.145 e. The Morgan fingerprint density at radius 3 is 2.79 bits per heavy atom. The summed E-state index contributed by atoms with van der Waals surface area (Å²) in [5.41, 5.74) is 3.44. The van der Waals surface area contributed by atoms with Gasteiger partial charge in [-0.3, -0.25) is 9.88 Å². The van der Waals surface area contributed by atoms with E-state index < -0.39 is 0 Å². The summed E-state index contributed by atoms with van der Waals surface area (Å²) in [5.74, 6) is 0.834. The number of aryl methyl sites for hydroxylation is 1. The van der Waals surface area contributed by atoms with Crippen LogP contribution in [-0.2, 0) is 4.74 Å². The smallest absolute Gasteiger partial charge is 0.145 e. The van der Waals surface area contributed by atoms with E-state index in [1.807, 2.05) is 18.3 Å². The molecule has 1 atom stereocenters. The number of hydrogen-bond donors (Lipinski definition) is 0. The van der Waals surface area contributed by atoms with Gasteiger partial charge in [0.05, 0.1) is 19.4 Å². The van der Waals surface area contributed by atoms with Crippen LogP contribution in [0.3, 0.4) is 0 Å². The van der Waals surface area contributed by atoms with E-state index in [2.05, 4.69) is 34.7 Å². The Bertz CT molecular complexity index is 704. The van der Waals surface area contributed by atoms with Crippen LogP contribution < -0.4 is 9.64 Å². The molecule has 0 aliphatic carbocycles. The van der Waals surface area contributed by atoms with Crippen molar-refractivity contribution in [3.63, 3.8) is 0 Å². The molecule has 3 rings (SSSR count). The van der Waals surface area contributed by atoms with Gasteiger partial charge in [0.1, 0.15) is 11.3 Å². The summed E-state index contributed by atoms with van der Waals surface area (Å²) in [5, 5.41) is 1.17. The zero-order chi connectivity index (χ0) is 17.1. The van der Waals surface area contributed by atoms with Crippen molar-refractivity contribution in [2.24, 2.45) is 0 Å². The van der Waals surface area contributed by atoms with Crippen molar-refractivity contribution in [2.45, 2.75) is 19.9 Å². The quantitative estimate of drug-likeness (QED) is 0.843. The third-order valence-electron chi connectivity index (χ3n) is 4.90. The average Bonchev–Trinajstić information content (AvgIpc) is 2.60. The van der Waals surface area contributed by atoms with Crippen molar-refractivity contribution >= 4 is 16.6 Å². The number of nitrogens with zero attached hydrogens (tertiary/aromatic N) is 3. The molecule has 1 aliphatic heterocycles.